The molecule has 1 heterocycles. The van der Waals surface area contributed by atoms with Gasteiger partial charge in [0.2, 0.25) is 0 Å². The molecule has 0 bridgehead atoms. The van der Waals surface area contributed by atoms with Gasteiger partial charge in [0, 0.05) is 13.1 Å². The molecule has 0 aliphatic heterocycles. The number of rotatable bonds is 5. The van der Waals surface area contributed by atoms with Crippen LogP contribution in [0.15, 0.2) is 23.0 Å². The Morgan fingerprint density at radius 3 is 2.69 bits per heavy atom. The van der Waals surface area contributed by atoms with Gasteiger partial charge in [-0.05, 0) is 13.0 Å². The molecule has 1 aromatic rings. The largest absolute Gasteiger partial charge is 0.481 e. The first-order valence-corrected chi connectivity index (χ1v) is 5.10. The van der Waals surface area contributed by atoms with Crippen molar-refractivity contribution in [1.29, 1.82) is 0 Å². The van der Waals surface area contributed by atoms with Crippen molar-refractivity contribution in [2.75, 3.05) is 13.1 Å². The number of nitrogens with zero attached hydrogens (tertiary/aromatic N) is 1. The van der Waals surface area contributed by atoms with Gasteiger partial charge < -0.3 is 14.4 Å². The number of hydrogen-bond donors (Lipinski definition) is 1. The summed E-state index contributed by atoms with van der Waals surface area (Å²) in [7, 11) is 0. The van der Waals surface area contributed by atoms with Crippen molar-refractivity contribution in [3.8, 4) is 0 Å². The molecule has 88 valence electrons. The number of carboxylic acids is 1. The van der Waals surface area contributed by atoms with Crippen LogP contribution in [0.1, 0.15) is 24.2 Å². The number of carboxylic acid groups (broad SMARTS) is 1. The zero-order chi connectivity index (χ0) is 12.1. The maximum absolute atomic E-state index is 11.9. The van der Waals surface area contributed by atoms with Crippen molar-refractivity contribution in [2.24, 2.45) is 5.92 Å². The van der Waals surface area contributed by atoms with Gasteiger partial charge in [0.05, 0.1) is 17.7 Å². The van der Waals surface area contributed by atoms with E-state index in [-0.39, 0.29) is 12.5 Å². The monoisotopic (exact) mass is 225 g/mol. The van der Waals surface area contributed by atoms with Crippen LogP contribution in [0, 0.1) is 5.92 Å². The van der Waals surface area contributed by atoms with Crippen molar-refractivity contribution in [2.45, 2.75) is 13.8 Å². The van der Waals surface area contributed by atoms with Crippen LogP contribution in [-0.2, 0) is 4.79 Å². The lowest BCUT2D eigenvalue weighted by molar-refractivity contribution is -0.141. The highest BCUT2D eigenvalue weighted by Gasteiger charge is 2.20. The number of amides is 1. The number of carbonyl (C=O) groups excluding carboxylic acids is 1. The second-order valence-corrected chi connectivity index (χ2v) is 3.60. The summed E-state index contributed by atoms with van der Waals surface area (Å²) in [6.45, 7) is 4.07. The van der Waals surface area contributed by atoms with E-state index in [2.05, 4.69) is 0 Å². The minimum atomic E-state index is -0.904. The van der Waals surface area contributed by atoms with Gasteiger partial charge >= 0.3 is 5.97 Å². The summed E-state index contributed by atoms with van der Waals surface area (Å²) in [5.74, 6) is -1.68. The van der Waals surface area contributed by atoms with Gasteiger partial charge in [-0.2, -0.15) is 0 Å². The third kappa shape index (κ3) is 2.85. The third-order valence-corrected chi connectivity index (χ3v) is 2.35. The molecule has 0 fully saturated rings. The summed E-state index contributed by atoms with van der Waals surface area (Å²) in [5, 5.41) is 8.78. The summed E-state index contributed by atoms with van der Waals surface area (Å²) >= 11 is 0. The minimum absolute atomic E-state index is 0.204. The Balaban J connectivity index is 2.68. The van der Waals surface area contributed by atoms with Gasteiger partial charge in [0.15, 0.2) is 0 Å². The summed E-state index contributed by atoms with van der Waals surface area (Å²) in [6, 6.07) is 1.57. The lowest BCUT2D eigenvalue weighted by Crippen LogP contribution is -2.36. The normalized spacial score (nSPS) is 12.1. The lowest BCUT2D eigenvalue weighted by atomic mass is 10.1. The molecule has 0 aliphatic rings. The molecule has 16 heavy (non-hydrogen) atoms. The molecule has 1 aromatic heterocycles. The molecule has 0 unspecified atom stereocenters. The first-order chi connectivity index (χ1) is 7.56. The minimum Gasteiger partial charge on any atom is -0.481 e. The quantitative estimate of drug-likeness (QED) is 0.823. The van der Waals surface area contributed by atoms with Crippen molar-refractivity contribution in [3.05, 3.63) is 24.2 Å². The number of furan rings is 1. The first-order valence-electron chi connectivity index (χ1n) is 5.10. The van der Waals surface area contributed by atoms with Gasteiger partial charge in [0.25, 0.3) is 5.91 Å². The highest BCUT2D eigenvalue weighted by molar-refractivity contribution is 5.94. The number of carbonyl (C=O) groups is 2. The predicted octanol–water partition coefficient (Wildman–Crippen LogP) is 1.46. The van der Waals surface area contributed by atoms with E-state index in [4.69, 9.17) is 9.52 Å². The topological polar surface area (TPSA) is 70.8 Å². The lowest BCUT2D eigenvalue weighted by Gasteiger charge is -2.22. The molecular formula is C11H15NO4. The van der Waals surface area contributed by atoms with Crippen LogP contribution >= 0.6 is 0 Å². The summed E-state index contributed by atoms with van der Waals surface area (Å²) in [4.78, 5) is 24.1. The highest BCUT2D eigenvalue weighted by atomic mass is 16.4. The van der Waals surface area contributed by atoms with E-state index in [1.165, 1.54) is 17.4 Å². The Morgan fingerprint density at radius 1 is 1.56 bits per heavy atom. The van der Waals surface area contributed by atoms with E-state index in [9.17, 15) is 9.59 Å². The summed E-state index contributed by atoms with van der Waals surface area (Å²) in [6.07, 6.45) is 2.78. The van der Waals surface area contributed by atoms with Crippen LogP contribution in [0.4, 0.5) is 0 Å². The summed E-state index contributed by atoms with van der Waals surface area (Å²) in [5.41, 5.74) is 0.444. The van der Waals surface area contributed by atoms with Gasteiger partial charge in [-0.15, -0.1) is 0 Å². The predicted molar refractivity (Wildman–Crippen MR) is 57.1 cm³/mol. The molecule has 0 saturated heterocycles. The van der Waals surface area contributed by atoms with Crippen molar-refractivity contribution >= 4 is 11.9 Å². The fourth-order valence-corrected chi connectivity index (χ4v) is 1.33. The molecule has 0 spiro atoms. The fraction of sp³-hybridized carbons (Fsp3) is 0.455. The highest BCUT2D eigenvalue weighted by Crippen LogP contribution is 2.08. The third-order valence-electron chi connectivity index (χ3n) is 2.35. The summed E-state index contributed by atoms with van der Waals surface area (Å²) < 4.78 is 4.82. The SMILES string of the molecule is CCN(C[C@H](C)C(=O)O)C(=O)c1ccoc1. The molecule has 0 aliphatic carbocycles. The number of aliphatic carboxylic acids is 1. The van der Waals surface area contributed by atoms with E-state index >= 15 is 0 Å². The van der Waals surface area contributed by atoms with Gasteiger partial charge in [-0.3, -0.25) is 9.59 Å². The standard InChI is InChI=1S/C11H15NO4/c1-3-12(6-8(2)11(14)15)10(13)9-4-5-16-7-9/h4-5,7-8H,3,6H2,1-2H3,(H,14,15)/t8-/m0/s1. The second kappa shape index (κ2) is 5.34. The van der Waals surface area contributed by atoms with E-state index in [1.807, 2.05) is 6.92 Å². The Kier molecular flexibility index (Phi) is 4.10. The van der Waals surface area contributed by atoms with Crippen LogP contribution in [0.3, 0.4) is 0 Å². The molecule has 0 radical (unpaired) electrons. The van der Waals surface area contributed by atoms with Gasteiger partial charge in [-0.25, -0.2) is 0 Å². The van der Waals surface area contributed by atoms with Crippen LogP contribution in [-0.4, -0.2) is 35.0 Å². The average Bonchev–Trinajstić information content (AvgIpc) is 2.77. The van der Waals surface area contributed by atoms with Crippen LogP contribution in [0.2, 0.25) is 0 Å². The molecule has 1 amide bonds. The molecular weight excluding hydrogens is 210 g/mol. The smallest absolute Gasteiger partial charge is 0.308 e. The van der Waals surface area contributed by atoms with Gasteiger partial charge in [-0.1, -0.05) is 6.92 Å². The van der Waals surface area contributed by atoms with E-state index in [1.54, 1.807) is 13.0 Å². The first kappa shape index (κ1) is 12.3. The zero-order valence-corrected chi connectivity index (χ0v) is 9.34. The molecule has 5 nitrogen and oxygen atoms in total. The van der Waals surface area contributed by atoms with Crippen molar-refractivity contribution in [1.82, 2.24) is 4.90 Å². The van der Waals surface area contributed by atoms with Crippen LogP contribution in [0.5, 0.6) is 0 Å². The second-order valence-electron chi connectivity index (χ2n) is 3.60. The Bertz CT molecular complexity index is 358. The van der Waals surface area contributed by atoms with Crippen LogP contribution in [0.25, 0.3) is 0 Å². The Morgan fingerprint density at radius 2 is 2.25 bits per heavy atom. The number of hydrogen-bond acceptors (Lipinski definition) is 3. The molecule has 1 rings (SSSR count). The fourth-order valence-electron chi connectivity index (χ4n) is 1.33. The Hall–Kier alpha value is -1.78. The maximum Gasteiger partial charge on any atom is 0.308 e. The van der Waals surface area contributed by atoms with Crippen LogP contribution < -0.4 is 0 Å². The van der Waals surface area contributed by atoms with E-state index in [0.717, 1.165) is 0 Å². The molecule has 0 aromatic carbocycles. The van der Waals surface area contributed by atoms with Crippen molar-refractivity contribution < 1.29 is 19.1 Å². The molecule has 5 heteroatoms. The van der Waals surface area contributed by atoms with E-state index in [0.29, 0.717) is 12.1 Å². The zero-order valence-electron chi connectivity index (χ0n) is 9.34. The van der Waals surface area contributed by atoms with Crippen molar-refractivity contribution in [3.63, 3.8) is 0 Å². The molecule has 0 saturated carbocycles. The Labute approximate surface area is 93.7 Å². The van der Waals surface area contributed by atoms with Gasteiger partial charge in [0.1, 0.15) is 6.26 Å². The average molecular weight is 225 g/mol. The molecule has 1 atom stereocenters. The van der Waals surface area contributed by atoms with E-state index < -0.39 is 11.9 Å². The molecule has 1 N–H and O–H groups in total. The maximum atomic E-state index is 11.9.